The molecule has 1 aliphatic rings. The Morgan fingerprint density at radius 1 is 1.50 bits per heavy atom. The molecule has 0 spiro atoms. The van der Waals surface area contributed by atoms with E-state index < -0.39 is 12.2 Å². The van der Waals surface area contributed by atoms with Crippen molar-refractivity contribution in [1.82, 2.24) is 9.88 Å². The monoisotopic (exact) mass is 222 g/mol. The molecule has 1 fully saturated rings. The van der Waals surface area contributed by atoms with Gasteiger partial charge in [0.25, 0.3) is 5.91 Å². The van der Waals surface area contributed by atoms with E-state index in [1.165, 1.54) is 0 Å². The van der Waals surface area contributed by atoms with Crippen LogP contribution in [0.15, 0.2) is 18.3 Å². The molecule has 0 saturated carbocycles. The molecule has 1 aliphatic heterocycles. The number of amides is 2. The van der Waals surface area contributed by atoms with Crippen molar-refractivity contribution in [3.05, 3.63) is 24.0 Å². The summed E-state index contributed by atoms with van der Waals surface area (Å²) < 4.78 is 6.87. The molecule has 1 saturated heterocycles. The first-order valence-electron chi connectivity index (χ1n) is 5.39. The number of hydrogen-bond donors (Lipinski definition) is 1. The highest BCUT2D eigenvalue weighted by Crippen LogP contribution is 2.22. The van der Waals surface area contributed by atoms with E-state index in [9.17, 15) is 9.59 Å². The number of alkyl carbamates (subject to hydrolysis) is 1. The van der Waals surface area contributed by atoms with E-state index >= 15 is 0 Å². The van der Waals surface area contributed by atoms with Crippen LogP contribution >= 0.6 is 0 Å². The SMILES string of the molecule is CCCCn1cccc1C1OC(=O)NC1=O. The van der Waals surface area contributed by atoms with Crippen LogP contribution in [-0.2, 0) is 16.1 Å². The Hall–Kier alpha value is -1.78. The Bertz CT molecular complexity index is 411. The number of aromatic nitrogens is 1. The minimum absolute atomic E-state index is 0.388. The van der Waals surface area contributed by atoms with E-state index in [-0.39, 0.29) is 5.91 Å². The van der Waals surface area contributed by atoms with Crippen LogP contribution in [0.4, 0.5) is 4.79 Å². The van der Waals surface area contributed by atoms with Crippen LogP contribution in [0.5, 0.6) is 0 Å². The number of nitrogens with one attached hydrogen (secondary N) is 1. The summed E-state index contributed by atoms with van der Waals surface area (Å²) in [7, 11) is 0. The van der Waals surface area contributed by atoms with Crippen molar-refractivity contribution in [2.45, 2.75) is 32.4 Å². The van der Waals surface area contributed by atoms with E-state index in [0.29, 0.717) is 0 Å². The van der Waals surface area contributed by atoms with Crippen LogP contribution in [0.3, 0.4) is 0 Å². The van der Waals surface area contributed by atoms with Crippen molar-refractivity contribution >= 4 is 12.0 Å². The molecule has 1 atom stereocenters. The molecule has 2 amide bonds. The quantitative estimate of drug-likeness (QED) is 0.841. The van der Waals surface area contributed by atoms with Gasteiger partial charge >= 0.3 is 6.09 Å². The third-order valence-electron chi connectivity index (χ3n) is 2.57. The Morgan fingerprint density at radius 3 is 2.94 bits per heavy atom. The summed E-state index contributed by atoms with van der Waals surface area (Å²) in [4.78, 5) is 22.4. The van der Waals surface area contributed by atoms with Crippen LogP contribution in [-0.4, -0.2) is 16.6 Å². The molecule has 1 N–H and O–H groups in total. The molecule has 0 radical (unpaired) electrons. The average Bonchev–Trinajstić information content (AvgIpc) is 2.81. The predicted octanol–water partition coefficient (Wildman–Crippen LogP) is 1.60. The smallest absolute Gasteiger partial charge is 0.415 e. The molecule has 1 aromatic rings. The fraction of sp³-hybridized carbons (Fsp3) is 0.455. The minimum atomic E-state index is -0.792. The van der Waals surface area contributed by atoms with E-state index in [4.69, 9.17) is 4.74 Å². The number of carbonyl (C=O) groups excluding carboxylic acids is 2. The highest BCUT2D eigenvalue weighted by molar-refractivity contribution is 6.00. The lowest BCUT2D eigenvalue weighted by atomic mass is 10.2. The Labute approximate surface area is 93.4 Å². The molecular formula is C11H14N2O3. The van der Waals surface area contributed by atoms with Gasteiger partial charge in [-0.15, -0.1) is 0 Å². The molecular weight excluding hydrogens is 208 g/mol. The lowest BCUT2D eigenvalue weighted by Gasteiger charge is -2.11. The lowest BCUT2D eigenvalue weighted by Crippen LogP contribution is -2.21. The van der Waals surface area contributed by atoms with Gasteiger partial charge < -0.3 is 9.30 Å². The van der Waals surface area contributed by atoms with Crippen molar-refractivity contribution in [3.8, 4) is 0 Å². The largest absolute Gasteiger partial charge is 0.429 e. The summed E-state index contributed by atoms with van der Waals surface area (Å²) in [5.74, 6) is -0.388. The minimum Gasteiger partial charge on any atom is -0.429 e. The number of aryl methyl sites for hydroxylation is 1. The highest BCUT2D eigenvalue weighted by Gasteiger charge is 2.35. The fourth-order valence-electron chi connectivity index (χ4n) is 1.75. The molecule has 2 heterocycles. The average molecular weight is 222 g/mol. The van der Waals surface area contributed by atoms with Gasteiger partial charge in [0.2, 0.25) is 6.10 Å². The van der Waals surface area contributed by atoms with Crippen LogP contribution in [0, 0.1) is 0 Å². The number of rotatable bonds is 4. The van der Waals surface area contributed by atoms with Gasteiger partial charge in [0.1, 0.15) is 0 Å². The number of unbranched alkanes of at least 4 members (excludes halogenated alkanes) is 1. The molecule has 16 heavy (non-hydrogen) atoms. The zero-order chi connectivity index (χ0) is 11.5. The molecule has 2 rings (SSSR count). The molecule has 1 unspecified atom stereocenters. The predicted molar refractivity (Wildman–Crippen MR) is 56.7 cm³/mol. The van der Waals surface area contributed by atoms with Gasteiger partial charge in [-0.25, -0.2) is 4.79 Å². The topological polar surface area (TPSA) is 60.3 Å². The molecule has 5 nitrogen and oxygen atoms in total. The van der Waals surface area contributed by atoms with Gasteiger partial charge in [0, 0.05) is 12.7 Å². The van der Waals surface area contributed by atoms with Gasteiger partial charge in [0.15, 0.2) is 0 Å². The summed E-state index contributed by atoms with van der Waals surface area (Å²) in [5.41, 5.74) is 0.733. The summed E-state index contributed by atoms with van der Waals surface area (Å²) in [5, 5.41) is 2.13. The molecule has 5 heteroatoms. The summed E-state index contributed by atoms with van der Waals surface area (Å²) in [6.07, 6.45) is 2.54. The van der Waals surface area contributed by atoms with Crippen LogP contribution in [0.1, 0.15) is 31.6 Å². The van der Waals surface area contributed by atoms with Gasteiger partial charge in [-0.2, -0.15) is 0 Å². The first kappa shape index (κ1) is 10.7. The first-order valence-corrected chi connectivity index (χ1v) is 5.39. The maximum Gasteiger partial charge on any atom is 0.415 e. The second-order valence-electron chi connectivity index (χ2n) is 3.75. The van der Waals surface area contributed by atoms with Gasteiger partial charge in [0.05, 0.1) is 5.69 Å². The van der Waals surface area contributed by atoms with E-state index in [0.717, 1.165) is 25.1 Å². The lowest BCUT2D eigenvalue weighted by molar-refractivity contribution is -0.123. The number of carbonyl (C=O) groups is 2. The van der Waals surface area contributed by atoms with Crippen LogP contribution < -0.4 is 5.32 Å². The highest BCUT2D eigenvalue weighted by atomic mass is 16.6. The van der Waals surface area contributed by atoms with Crippen LogP contribution in [0.2, 0.25) is 0 Å². The number of cyclic esters (lactones) is 1. The van der Waals surface area contributed by atoms with Crippen molar-refractivity contribution in [1.29, 1.82) is 0 Å². The Morgan fingerprint density at radius 2 is 2.31 bits per heavy atom. The number of ether oxygens (including phenoxy) is 1. The standard InChI is InChI=1S/C11H14N2O3/c1-2-3-6-13-7-4-5-8(13)9-10(14)12-11(15)16-9/h4-5,7,9H,2-3,6H2,1H3,(H,12,14,15). The Kier molecular flexibility index (Phi) is 2.94. The maximum atomic E-state index is 11.4. The molecule has 0 aliphatic carbocycles. The number of hydrogen-bond acceptors (Lipinski definition) is 3. The second kappa shape index (κ2) is 4.38. The van der Waals surface area contributed by atoms with Crippen molar-refractivity contribution < 1.29 is 14.3 Å². The third-order valence-corrected chi connectivity index (χ3v) is 2.57. The molecule has 1 aromatic heterocycles. The van der Waals surface area contributed by atoms with Crippen molar-refractivity contribution in [2.75, 3.05) is 0 Å². The summed E-state index contributed by atoms with van der Waals surface area (Å²) in [6, 6.07) is 3.66. The van der Waals surface area contributed by atoms with Gasteiger partial charge in [-0.1, -0.05) is 13.3 Å². The molecule has 86 valence electrons. The summed E-state index contributed by atoms with van der Waals surface area (Å²) >= 11 is 0. The zero-order valence-corrected chi connectivity index (χ0v) is 9.10. The van der Waals surface area contributed by atoms with Crippen molar-refractivity contribution in [2.24, 2.45) is 0 Å². The zero-order valence-electron chi connectivity index (χ0n) is 9.10. The molecule has 0 aromatic carbocycles. The maximum absolute atomic E-state index is 11.4. The van der Waals surface area contributed by atoms with Gasteiger partial charge in [-0.3, -0.25) is 10.1 Å². The van der Waals surface area contributed by atoms with E-state index in [1.54, 1.807) is 6.07 Å². The third kappa shape index (κ3) is 1.93. The van der Waals surface area contributed by atoms with Crippen molar-refractivity contribution in [3.63, 3.8) is 0 Å². The Balaban J connectivity index is 2.17. The van der Waals surface area contributed by atoms with E-state index in [1.807, 2.05) is 16.8 Å². The number of nitrogens with zero attached hydrogens (tertiary/aromatic N) is 1. The second-order valence-corrected chi connectivity index (χ2v) is 3.75. The molecule has 0 bridgehead atoms. The normalized spacial score (nSPS) is 19.7. The number of imide groups is 1. The van der Waals surface area contributed by atoms with E-state index in [2.05, 4.69) is 12.2 Å². The summed E-state index contributed by atoms with van der Waals surface area (Å²) in [6.45, 7) is 2.94. The van der Waals surface area contributed by atoms with Gasteiger partial charge in [-0.05, 0) is 18.6 Å². The first-order chi connectivity index (χ1) is 7.72. The van der Waals surface area contributed by atoms with Crippen LogP contribution in [0.25, 0.3) is 0 Å². The fourth-order valence-corrected chi connectivity index (χ4v) is 1.75.